The molecule has 1 saturated heterocycles. The Balaban J connectivity index is 1.37. The monoisotopic (exact) mass is 381 g/mol. The molecule has 0 saturated carbocycles. The summed E-state index contributed by atoms with van der Waals surface area (Å²) in [6, 6.07) is 11.4. The van der Waals surface area contributed by atoms with Gasteiger partial charge in [0.2, 0.25) is 11.7 Å². The van der Waals surface area contributed by atoms with Crippen LogP contribution in [-0.2, 0) is 6.54 Å². The summed E-state index contributed by atoms with van der Waals surface area (Å²) in [5.74, 6) is 1.76. The molecule has 0 bridgehead atoms. The number of furan rings is 1. The quantitative estimate of drug-likeness (QED) is 0.723. The van der Waals surface area contributed by atoms with Gasteiger partial charge >= 0.3 is 0 Å². The Labute approximate surface area is 162 Å². The molecule has 2 aromatic heterocycles. The Bertz CT molecular complexity index is 928. The normalized spacial score (nSPS) is 16.3. The van der Waals surface area contributed by atoms with Gasteiger partial charge in [-0.25, -0.2) is 0 Å². The van der Waals surface area contributed by atoms with Crippen LogP contribution in [0.3, 0.4) is 0 Å². The molecule has 1 fully saturated rings. The highest BCUT2D eigenvalue weighted by Crippen LogP contribution is 2.24. The van der Waals surface area contributed by atoms with Gasteiger partial charge in [0, 0.05) is 31.7 Å². The second-order valence-electron chi connectivity index (χ2n) is 6.83. The number of carbonyl (C=O) groups excluding carboxylic acids is 1. The maximum atomic E-state index is 12.6. The van der Waals surface area contributed by atoms with Gasteiger partial charge in [-0.1, -0.05) is 35.5 Å². The van der Waals surface area contributed by atoms with Crippen molar-refractivity contribution in [2.24, 2.45) is 5.73 Å². The zero-order valence-corrected chi connectivity index (χ0v) is 15.7. The van der Waals surface area contributed by atoms with Gasteiger partial charge < -0.3 is 19.6 Å². The molecule has 146 valence electrons. The Morgan fingerprint density at radius 1 is 1.21 bits per heavy atom. The number of aromatic nitrogens is 2. The topological polar surface area (TPSA) is 102 Å². The lowest BCUT2D eigenvalue weighted by molar-refractivity contribution is 0.0551. The molecule has 1 aliphatic rings. The van der Waals surface area contributed by atoms with Gasteiger partial charge in [0.1, 0.15) is 12.0 Å². The van der Waals surface area contributed by atoms with E-state index in [0.717, 1.165) is 18.7 Å². The standard InChI is InChI=1S/C20H23N5O3/c1-14(19-22-18(23-28-19)15-5-3-2-4-6-15)24-7-9-25(10-8-24)20(26)16-11-17(12-21)27-13-16/h2-6,11,13-14H,7-10,12,21H2,1H3. The number of piperazine rings is 1. The Hall–Kier alpha value is -2.97. The van der Waals surface area contributed by atoms with Gasteiger partial charge in [-0.3, -0.25) is 9.69 Å². The zero-order chi connectivity index (χ0) is 19.5. The Morgan fingerprint density at radius 2 is 1.96 bits per heavy atom. The predicted molar refractivity (Wildman–Crippen MR) is 102 cm³/mol. The molecule has 1 amide bonds. The average molecular weight is 381 g/mol. The first-order valence-corrected chi connectivity index (χ1v) is 9.35. The van der Waals surface area contributed by atoms with E-state index >= 15 is 0 Å². The summed E-state index contributed by atoms with van der Waals surface area (Å²) in [5, 5.41) is 4.10. The van der Waals surface area contributed by atoms with Gasteiger partial charge in [0.05, 0.1) is 18.2 Å². The molecule has 1 aromatic carbocycles. The van der Waals surface area contributed by atoms with Crippen LogP contribution in [0.2, 0.25) is 0 Å². The van der Waals surface area contributed by atoms with Crippen LogP contribution >= 0.6 is 0 Å². The fraction of sp³-hybridized carbons (Fsp3) is 0.350. The van der Waals surface area contributed by atoms with Crippen molar-refractivity contribution in [2.75, 3.05) is 26.2 Å². The minimum Gasteiger partial charge on any atom is -0.467 e. The molecule has 4 rings (SSSR count). The number of hydrogen-bond donors (Lipinski definition) is 1. The van der Waals surface area contributed by atoms with Crippen molar-refractivity contribution in [3.05, 3.63) is 59.9 Å². The van der Waals surface area contributed by atoms with Crippen LogP contribution in [0, 0.1) is 0 Å². The predicted octanol–water partition coefficient (Wildman–Crippen LogP) is 2.31. The summed E-state index contributed by atoms with van der Waals surface area (Å²) in [4.78, 5) is 21.2. The molecule has 0 aliphatic carbocycles. The molecule has 2 N–H and O–H groups in total. The number of nitrogens with zero attached hydrogens (tertiary/aromatic N) is 4. The summed E-state index contributed by atoms with van der Waals surface area (Å²) in [5.41, 5.74) is 7.02. The average Bonchev–Trinajstić information content (AvgIpc) is 3.43. The summed E-state index contributed by atoms with van der Waals surface area (Å²) in [6.45, 7) is 5.06. The zero-order valence-electron chi connectivity index (χ0n) is 15.7. The first kappa shape index (κ1) is 18.4. The fourth-order valence-electron chi connectivity index (χ4n) is 3.36. The van der Waals surface area contributed by atoms with E-state index in [4.69, 9.17) is 14.7 Å². The van der Waals surface area contributed by atoms with Gasteiger partial charge in [-0.15, -0.1) is 0 Å². The van der Waals surface area contributed by atoms with Crippen molar-refractivity contribution in [1.82, 2.24) is 19.9 Å². The third-order valence-electron chi connectivity index (χ3n) is 5.08. The van der Waals surface area contributed by atoms with Crippen LogP contribution in [0.5, 0.6) is 0 Å². The summed E-state index contributed by atoms with van der Waals surface area (Å²) >= 11 is 0. The van der Waals surface area contributed by atoms with E-state index in [-0.39, 0.29) is 18.5 Å². The molecule has 1 unspecified atom stereocenters. The fourth-order valence-corrected chi connectivity index (χ4v) is 3.36. The lowest BCUT2D eigenvalue weighted by atomic mass is 10.2. The molecule has 1 aliphatic heterocycles. The molecule has 0 spiro atoms. The van der Waals surface area contributed by atoms with E-state index < -0.39 is 0 Å². The van der Waals surface area contributed by atoms with Crippen LogP contribution in [0.15, 0.2) is 51.6 Å². The van der Waals surface area contributed by atoms with E-state index in [9.17, 15) is 4.79 Å². The summed E-state index contributed by atoms with van der Waals surface area (Å²) < 4.78 is 10.8. The van der Waals surface area contributed by atoms with Gasteiger partial charge in [-0.2, -0.15) is 4.98 Å². The number of carbonyl (C=O) groups is 1. The van der Waals surface area contributed by atoms with E-state index in [1.54, 1.807) is 6.07 Å². The first-order chi connectivity index (χ1) is 13.7. The van der Waals surface area contributed by atoms with Crippen molar-refractivity contribution < 1.29 is 13.7 Å². The summed E-state index contributed by atoms with van der Waals surface area (Å²) in [7, 11) is 0. The maximum absolute atomic E-state index is 12.6. The number of rotatable bonds is 5. The molecule has 3 aromatic rings. The second-order valence-corrected chi connectivity index (χ2v) is 6.83. The van der Waals surface area contributed by atoms with Crippen LogP contribution < -0.4 is 5.73 Å². The van der Waals surface area contributed by atoms with Crippen LogP contribution in [0.1, 0.15) is 35.0 Å². The largest absolute Gasteiger partial charge is 0.467 e. The lowest BCUT2D eigenvalue weighted by Crippen LogP contribution is -2.49. The molecular formula is C20H23N5O3. The first-order valence-electron chi connectivity index (χ1n) is 9.35. The van der Waals surface area contributed by atoms with Crippen molar-refractivity contribution >= 4 is 5.91 Å². The minimum absolute atomic E-state index is 0.0139. The number of nitrogens with two attached hydrogens (primary N) is 1. The van der Waals surface area contributed by atoms with Crippen LogP contribution in [-0.4, -0.2) is 52.0 Å². The molecule has 8 heteroatoms. The van der Waals surface area contributed by atoms with E-state index in [2.05, 4.69) is 15.0 Å². The molecular weight excluding hydrogens is 358 g/mol. The van der Waals surface area contributed by atoms with Crippen LogP contribution in [0.25, 0.3) is 11.4 Å². The van der Waals surface area contributed by atoms with Gasteiger partial charge in [-0.05, 0) is 13.0 Å². The Kier molecular flexibility index (Phi) is 5.23. The van der Waals surface area contributed by atoms with Crippen molar-refractivity contribution in [3.63, 3.8) is 0 Å². The molecule has 8 nitrogen and oxygen atoms in total. The van der Waals surface area contributed by atoms with Crippen molar-refractivity contribution in [3.8, 4) is 11.4 Å². The van der Waals surface area contributed by atoms with E-state index in [1.807, 2.05) is 42.2 Å². The Morgan fingerprint density at radius 3 is 2.64 bits per heavy atom. The molecule has 28 heavy (non-hydrogen) atoms. The second kappa shape index (κ2) is 7.95. The van der Waals surface area contributed by atoms with Crippen molar-refractivity contribution in [1.29, 1.82) is 0 Å². The highest BCUT2D eigenvalue weighted by Gasteiger charge is 2.28. The van der Waals surface area contributed by atoms with E-state index in [1.165, 1.54) is 6.26 Å². The highest BCUT2D eigenvalue weighted by atomic mass is 16.5. The van der Waals surface area contributed by atoms with Gasteiger partial charge in [0.15, 0.2) is 0 Å². The number of hydrogen-bond acceptors (Lipinski definition) is 7. The molecule has 3 heterocycles. The number of benzene rings is 1. The highest BCUT2D eigenvalue weighted by molar-refractivity contribution is 5.94. The number of amides is 1. The maximum Gasteiger partial charge on any atom is 0.257 e. The summed E-state index contributed by atoms with van der Waals surface area (Å²) in [6.07, 6.45) is 1.48. The third kappa shape index (κ3) is 3.69. The van der Waals surface area contributed by atoms with Crippen molar-refractivity contribution in [2.45, 2.75) is 19.5 Å². The smallest absolute Gasteiger partial charge is 0.257 e. The minimum atomic E-state index is -0.0279. The SMILES string of the molecule is CC(c1nc(-c2ccccc2)no1)N1CCN(C(=O)c2coc(CN)c2)CC1. The third-order valence-corrected chi connectivity index (χ3v) is 5.08. The molecule has 0 radical (unpaired) electrons. The molecule has 1 atom stereocenters. The van der Waals surface area contributed by atoms with E-state index in [0.29, 0.717) is 36.1 Å². The lowest BCUT2D eigenvalue weighted by Gasteiger charge is -2.36. The van der Waals surface area contributed by atoms with Gasteiger partial charge in [0.25, 0.3) is 5.91 Å². The van der Waals surface area contributed by atoms with Crippen LogP contribution in [0.4, 0.5) is 0 Å².